The molecule has 0 saturated carbocycles. The van der Waals surface area contributed by atoms with Gasteiger partial charge in [0.1, 0.15) is 11.5 Å². The van der Waals surface area contributed by atoms with Crippen LogP contribution in [0.15, 0.2) is 65.1 Å². The predicted molar refractivity (Wildman–Crippen MR) is 97.0 cm³/mol. The molecule has 3 rings (SSSR count). The standard InChI is InChI=1S/C21H21NO2/c1-15-7-6-10-19(16(15)2)22-21(23)14-12-18-11-13-20(24-18)17-8-4-3-5-9-17/h3-11,13H,12,14H2,1-2H3,(H,22,23). The van der Waals surface area contributed by atoms with Gasteiger partial charge in [-0.3, -0.25) is 4.79 Å². The molecule has 1 aromatic heterocycles. The molecular weight excluding hydrogens is 298 g/mol. The van der Waals surface area contributed by atoms with Gasteiger partial charge >= 0.3 is 0 Å². The largest absolute Gasteiger partial charge is 0.461 e. The molecule has 1 heterocycles. The molecule has 0 aliphatic carbocycles. The monoisotopic (exact) mass is 319 g/mol. The van der Waals surface area contributed by atoms with E-state index in [0.29, 0.717) is 12.8 Å². The molecule has 122 valence electrons. The van der Waals surface area contributed by atoms with Crippen LogP contribution in [0.1, 0.15) is 23.3 Å². The minimum Gasteiger partial charge on any atom is -0.461 e. The quantitative estimate of drug-likeness (QED) is 0.708. The Morgan fingerprint density at radius 2 is 1.75 bits per heavy atom. The van der Waals surface area contributed by atoms with E-state index in [4.69, 9.17) is 4.42 Å². The highest BCUT2D eigenvalue weighted by atomic mass is 16.3. The highest BCUT2D eigenvalue weighted by Crippen LogP contribution is 2.23. The lowest BCUT2D eigenvalue weighted by Crippen LogP contribution is -2.13. The van der Waals surface area contributed by atoms with Crippen LogP contribution in [0.25, 0.3) is 11.3 Å². The van der Waals surface area contributed by atoms with Gasteiger partial charge in [-0.25, -0.2) is 0 Å². The van der Waals surface area contributed by atoms with E-state index in [1.807, 2.05) is 74.5 Å². The number of benzene rings is 2. The Morgan fingerprint density at radius 3 is 2.54 bits per heavy atom. The molecule has 1 N–H and O–H groups in total. The molecule has 0 bridgehead atoms. The van der Waals surface area contributed by atoms with Crippen LogP contribution in [0.4, 0.5) is 5.69 Å². The third-order valence-electron chi connectivity index (χ3n) is 4.20. The SMILES string of the molecule is Cc1cccc(NC(=O)CCc2ccc(-c3ccccc3)o2)c1C. The molecule has 0 unspecified atom stereocenters. The van der Waals surface area contributed by atoms with Gasteiger partial charge in [0.05, 0.1) is 0 Å². The third kappa shape index (κ3) is 3.74. The zero-order chi connectivity index (χ0) is 16.9. The van der Waals surface area contributed by atoms with E-state index in [0.717, 1.165) is 28.3 Å². The van der Waals surface area contributed by atoms with Crippen molar-refractivity contribution >= 4 is 11.6 Å². The van der Waals surface area contributed by atoms with Gasteiger partial charge in [-0.15, -0.1) is 0 Å². The summed E-state index contributed by atoms with van der Waals surface area (Å²) in [6.07, 6.45) is 0.985. The van der Waals surface area contributed by atoms with E-state index in [1.54, 1.807) is 0 Å². The van der Waals surface area contributed by atoms with Gasteiger partial charge in [-0.1, -0.05) is 42.5 Å². The smallest absolute Gasteiger partial charge is 0.224 e. The van der Waals surface area contributed by atoms with E-state index < -0.39 is 0 Å². The van der Waals surface area contributed by atoms with Crippen molar-refractivity contribution in [1.82, 2.24) is 0 Å². The van der Waals surface area contributed by atoms with Crippen molar-refractivity contribution in [3.63, 3.8) is 0 Å². The Balaban J connectivity index is 1.59. The van der Waals surface area contributed by atoms with Crippen LogP contribution in [0.5, 0.6) is 0 Å². The normalized spacial score (nSPS) is 10.6. The molecule has 24 heavy (non-hydrogen) atoms. The first-order valence-electron chi connectivity index (χ1n) is 8.13. The van der Waals surface area contributed by atoms with Gasteiger partial charge in [-0.2, -0.15) is 0 Å². The average Bonchev–Trinajstić information content (AvgIpc) is 3.07. The zero-order valence-electron chi connectivity index (χ0n) is 14.0. The van der Waals surface area contributed by atoms with Crippen LogP contribution in [-0.4, -0.2) is 5.91 Å². The summed E-state index contributed by atoms with van der Waals surface area (Å²) >= 11 is 0. The molecule has 0 atom stereocenters. The number of hydrogen-bond donors (Lipinski definition) is 1. The van der Waals surface area contributed by atoms with Crippen molar-refractivity contribution in [2.45, 2.75) is 26.7 Å². The molecule has 3 nitrogen and oxygen atoms in total. The Kier molecular flexibility index (Phi) is 4.80. The van der Waals surface area contributed by atoms with E-state index in [9.17, 15) is 4.79 Å². The van der Waals surface area contributed by atoms with Crippen molar-refractivity contribution < 1.29 is 9.21 Å². The van der Waals surface area contributed by atoms with Crippen LogP contribution in [0.3, 0.4) is 0 Å². The summed E-state index contributed by atoms with van der Waals surface area (Å²) in [6.45, 7) is 4.06. The zero-order valence-corrected chi connectivity index (χ0v) is 14.0. The molecule has 0 spiro atoms. The number of anilines is 1. The van der Waals surface area contributed by atoms with Crippen molar-refractivity contribution in [3.8, 4) is 11.3 Å². The summed E-state index contributed by atoms with van der Waals surface area (Å²) in [7, 11) is 0. The topological polar surface area (TPSA) is 42.2 Å². The molecule has 0 aliphatic rings. The number of nitrogens with one attached hydrogen (secondary N) is 1. The fourth-order valence-electron chi connectivity index (χ4n) is 2.61. The minimum atomic E-state index is 0.00126. The Bertz CT molecular complexity index is 834. The van der Waals surface area contributed by atoms with Gasteiger partial charge < -0.3 is 9.73 Å². The van der Waals surface area contributed by atoms with Crippen LogP contribution < -0.4 is 5.32 Å². The number of furan rings is 1. The molecule has 3 heteroatoms. The fraction of sp³-hybridized carbons (Fsp3) is 0.190. The minimum absolute atomic E-state index is 0.00126. The first kappa shape index (κ1) is 16.1. The van der Waals surface area contributed by atoms with Gasteiger partial charge in [0, 0.05) is 24.1 Å². The van der Waals surface area contributed by atoms with Crippen molar-refractivity contribution in [1.29, 1.82) is 0 Å². The van der Waals surface area contributed by atoms with Crippen LogP contribution >= 0.6 is 0 Å². The van der Waals surface area contributed by atoms with Gasteiger partial charge in [0.25, 0.3) is 0 Å². The second kappa shape index (κ2) is 7.18. The average molecular weight is 319 g/mol. The lowest BCUT2D eigenvalue weighted by molar-refractivity contribution is -0.116. The van der Waals surface area contributed by atoms with Crippen LogP contribution in [-0.2, 0) is 11.2 Å². The van der Waals surface area contributed by atoms with E-state index in [-0.39, 0.29) is 5.91 Å². The summed E-state index contributed by atoms with van der Waals surface area (Å²) in [5.41, 5.74) is 4.20. The first-order chi connectivity index (χ1) is 11.6. The second-order valence-electron chi connectivity index (χ2n) is 5.93. The maximum atomic E-state index is 12.2. The summed E-state index contributed by atoms with van der Waals surface area (Å²) < 4.78 is 5.83. The third-order valence-corrected chi connectivity index (χ3v) is 4.20. The van der Waals surface area contributed by atoms with E-state index in [1.165, 1.54) is 5.56 Å². The highest BCUT2D eigenvalue weighted by molar-refractivity contribution is 5.91. The Hall–Kier alpha value is -2.81. The number of hydrogen-bond acceptors (Lipinski definition) is 2. The van der Waals surface area contributed by atoms with E-state index >= 15 is 0 Å². The summed E-state index contributed by atoms with van der Waals surface area (Å²) in [5, 5.41) is 2.98. The van der Waals surface area contributed by atoms with Crippen LogP contribution in [0.2, 0.25) is 0 Å². The predicted octanol–water partition coefficient (Wildman–Crippen LogP) is 5.13. The lowest BCUT2D eigenvalue weighted by atomic mass is 10.1. The molecule has 0 saturated heterocycles. The Labute approximate surface area is 142 Å². The lowest BCUT2D eigenvalue weighted by Gasteiger charge is -2.09. The number of rotatable bonds is 5. The molecule has 2 aromatic carbocycles. The number of aryl methyl sites for hydroxylation is 2. The maximum absolute atomic E-state index is 12.2. The van der Waals surface area contributed by atoms with Gasteiger partial charge in [0.15, 0.2) is 0 Å². The number of carbonyl (C=O) groups is 1. The number of amides is 1. The highest BCUT2D eigenvalue weighted by Gasteiger charge is 2.09. The van der Waals surface area contributed by atoms with Crippen molar-refractivity contribution in [2.24, 2.45) is 0 Å². The molecular formula is C21H21NO2. The molecule has 1 amide bonds. The van der Waals surface area contributed by atoms with Crippen molar-refractivity contribution in [2.75, 3.05) is 5.32 Å². The first-order valence-corrected chi connectivity index (χ1v) is 8.13. The summed E-state index contributed by atoms with van der Waals surface area (Å²) in [4.78, 5) is 12.2. The molecule has 3 aromatic rings. The van der Waals surface area contributed by atoms with E-state index in [2.05, 4.69) is 5.32 Å². The molecule has 0 radical (unpaired) electrons. The molecule has 0 aliphatic heterocycles. The van der Waals surface area contributed by atoms with Gasteiger partial charge in [0.2, 0.25) is 5.91 Å². The summed E-state index contributed by atoms with van der Waals surface area (Å²) in [6, 6.07) is 19.8. The van der Waals surface area contributed by atoms with Crippen LogP contribution in [0, 0.1) is 13.8 Å². The van der Waals surface area contributed by atoms with Gasteiger partial charge in [-0.05, 0) is 43.2 Å². The maximum Gasteiger partial charge on any atom is 0.224 e. The molecule has 0 fully saturated rings. The Morgan fingerprint density at radius 1 is 0.958 bits per heavy atom. The second-order valence-corrected chi connectivity index (χ2v) is 5.93. The number of carbonyl (C=O) groups excluding carboxylic acids is 1. The van der Waals surface area contributed by atoms with Crippen molar-refractivity contribution in [3.05, 3.63) is 77.6 Å². The fourth-order valence-corrected chi connectivity index (χ4v) is 2.61. The summed E-state index contributed by atoms with van der Waals surface area (Å²) in [5.74, 6) is 1.66.